The van der Waals surface area contributed by atoms with E-state index in [9.17, 15) is 14.4 Å². The van der Waals surface area contributed by atoms with Crippen molar-refractivity contribution in [2.75, 3.05) is 12.3 Å². The third-order valence-electron chi connectivity index (χ3n) is 2.64. The van der Waals surface area contributed by atoms with Crippen molar-refractivity contribution in [3.63, 3.8) is 0 Å². The van der Waals surface area contributed by atoms with Crippen molar-refractivity contribution in [2.24, 2.45) is 0 Å². The van der Waals surface area contributed by atoms with Crippen molar-refractivity contribution in [2.45, 2.75) is 51.3 Å². The first-order chi connectivity index (χ1) is 9.38. The van der Waals surface area contributed by atoms with E-state index in [-0.39, 0.29) is 16.9 Å². The van der Waals surface area contributed by atoms with Gasteiger partial charge in [0.05, 0.1) is 5.25 Å². The fourth-order valence-corrected chi connectivity index (χ4v) is 2.41. The quantitative estimate of drug-likeness (QED) is 0.523. The zero-order valence-electron chi connectivity index (χ0n) is 12.3. The van der Waals surface area contributed by atoms with Crippen molar-refractivity contribution in [1.29, 1.82) is 0 Å². The third kappa shape index (κ3) is 8.79. The number of hydrogen-bond acceptors (Lipinski definition) is 4. The highest BCUT2D eigenvalue weighted by atomic mass is 32.2. The van der Waals surface area contributed by atoms with Crippen LogP contribution in [0.3, 0.4) is 0 Å². The number of unbranched alkanes of at least 4 members (excludes halogenated alkanes) is 2. The van der Waals surface area contributed by atoms with E-state index >= 15 is 0 Å². The average Bonchev–Trinajstić information content (AvgIpc) is 2.38. The predicted octanol–water partition coefficient (Wildman–Crippen LogP) is 1.00. The van der Waals surface area contributed by atoms with Gasteiger partial charge in [-0.15, -0.1) is 11.8 Å². The Bertz CT molecular complexity index is 336. The summed E-state index contributed by atoms with van der Waals surface area (Å²) in [7, 11) is 0. The monoisotopic (exact) mass is 304 g/mol. The Morgan fingerprint density at radius 3 is 2.40 bits per heavy atom. The van der Waals surface area contributed by atoms with Crippen molar-refractivity contribution >= 4 is 29.5 Å². The Labute approximate surface area is 124 Å². The summed E-state index contributed by atoms with van der Waals surface area (Å²) in [5.74, 6) is -1.42. The van der Waals surface area contributed by atoms with Crippen LogP contribution in [0.25, 0.3) is 0 Å². The third-order valence-corrected chi connectivity index (χ3v) is 3.88. The Morgan fingerprint density at radius 1 is 1.25 bits per heavy atom. The van der Waals surface area contributed by atoms with E-state index in [1.54, 1.807) is 6.92 Å². The molecule has 0 aromatic heterocycles. The number of rotatable bonds is 10. The van der Waals surface area contributed by atoms with Gasteiger partial charge in [0.1, 0.15) is 6.04 Å². The summed E-state index contributed by atoms with van der Waals surface area (Å²) in [6.45, 7) is 5.73. The standard InChI is InChI=1S/C13H24N2O4S/c1-4-5-6-7-14-12(17)9(2)20-8-11(13(18)19)15-10(3)16/h9,11H,4-8H2,1-3H3,(H,14,17)(H,15,16)(H,18,19)/t9?,11-/m0/s1. The Balaban J connectivity index is 4.04. The van der Waals surface area contributed by atoms with Crippen LogP contribution in [0, 0.1) is 0 Å². The van der Waals surface area contributed by atoms with Crippen LogP contribution in [0.1, 0.15) is 40.0 Å². The minimum Gasteiger partial charge on any atom is -0.480 e. The van der Waals surface area contributed by atoms with Crippen LogP contribution in [0.4, 0.5) is 0 Å². The smallest absolute Gasteiger partial charge is 0.327 e. The van der Waals surface area contributed by atoms with Crippen LogP contribution in [0.2, 0.25) is 0 Å². The van der Waals surface area contributed by atoms with Crippen molar-refractivity contribution in [3.05, 3.63) is 0 Å². The number of thioether (sulfide) groups is 1. The molecule has 0 saturated carbocycles. The van der Waals surface area contributed by atoms with Gasteiger partial charge in [-0.25, -0.2) is 4.79 Å². The number of carboxylic acid groups (broad SMARTS) is 1. The van der Waals surface area contributed by atoms with E-state index in [4.69, 9.17) is 5.11 Å². The molecule has 0 aliphatic rings. The van der Waals surface area contributed by atoms with Gasteiger partial charge in [0, 0.05) is 19.2 Å². The van der Waals surface area contributed by atoms with E-state index in [0.29, 0.717) is 6.54 Å². The summed E-state index contributed by atoms with van der Waals surface area (Å²) in [6.07, 6.45) is 3.12. The fraction of sp³-hybridized carbons (Fsp3) is 0.769. The van der Waals surface area contributed by atoms with Crippen molar-refractivity contribution in [3.8, 4) is 0 Å². The molecule has 0 rings (SSSR count). The highest BCUT2D eigenvalue weighted by Gasteiger charge is 2.21. The molecule has 3 N–H and O–H groups in total. The largest absolute Gasteiger partial charge is 0.480 e. The van der Waals surface area contributed by atoms with E-state index in [0.717, 1.165) is 19.3 Å². The number of nitrogens with one attached hydrogen (secondary N) is 2. The van der Waals surface area contributed by atoms with Crippen LogP contribution in [-0.2, 0) is 14.4 Å². The number of amides is 2. The summed E-state index contributed by atoms with van der Waals surface area (Å²) in [5.41, 5.74) is 0. The summed E-state index contributed by atoms with van der Waals surface area (Å²) in [6, 6.07) is -0.965. The summed E-state index contributed by atoms with van der Waals surface area (Å²) in [4.78, 5) is 33.6. The fourth-order valence-electron chi connectivity index (χ4n) is 1.47. The van der Waals surface area contributed by atoms with E-state index < -0.39 is 17.9 Å². The zero-order chi connectivity index (χ0) is 15.5. The lowest BCUT2D eigenvalue weighted by Crippen LogP contribution is -2.42. The second-order valence-corrected chi connectivity index (χ2v) is 5.94. The van der Waals surface area contributed by atoms with Gasteiger partial charge < -0.3 is 15.7 Å². The lowest BCUT2D eigenvalue weighted by molar-refractivity contribution is -0.140. The maximum Gasteiger partial charge on any atom is 0.327 e. The minimum atomic E-state index is -1.09. The van der Waals surface area contributed by atoms with Gasteiger partial charge in [-0.2, -0.15) is 0 Å². The van der Waals surface area contributed by atoms with Crippen molar-refractivity contribution in [1.82, 2.24) is 10.6 Å². The van der Waals surface area contributed by atoms with Crippen LogP contribution >= 0.6 is 11.8 Å². The molecule has 7 heteroatoms. The maximum atomic E-state index is 11.7. The van der Waals surface area contributed by atoms with Gasteiger partial charge in [-0.05, 0) is 13.3 Å². The summed E-state index contributed by atoms with van der Waals surface area (Å²) < 4.78 is 0. The van der Waals surface area contributed by atoms with Gasteiger partial charge >= 0.3 is 5.97 Å². The lowest BCUT2D eigenvalue weighted by atomic mass is 10.2. The zero-order valence-corrected chi connectivity index (χ0v) is 13.1. The normalized spacial score (nSPS) is 13.3. The number of aliphatic carboxylic acids is 1. The van der Waals surface area contributed by atoms with Crippen LogP contribution in [0.15, 0.2) is 0 Å². The van der Waals surface area contributed by atoms with Gasteiger partial charge in [0.2, 0.25) is 11.8 Å². The Morgan fingerprint density at radius 2 is 1.90 bits per heavy atom. The molecule has 0 fully saturated rings. The topological polar surface area (TPSA) is 95.5 Å². The van der Waals surface area contributed by atoms with Crippen LogP contribution in [-0.4, -0.2) is 46.5 Å². The van der Waals surface area contributed by atoms with Gasteiger partial charge in [0.25, 0.3) is 0 Å². The molecular formula is C13H24N2O4S. The molecule has 2 atom stereocenters. The number of carbonyl (C=O) groups excluding carboxylic acids is 2. The average molecular weight is 304 g/mol. The molecule has 6 nitrogen and oxygen atoms in total. The molecule has 20 heavy (non-hydrogen) atoms. The first-order valence-corrected chi connectivity index (χ1v) is 7.82. The number of carboxylic acids is 1. The van der Waals surface area contributed by atoms with Gasteiger partial charge in [-0.1, -0.05) is 19.8 Å². The summed E-state index contributed by atoms with van der Waals surface area (Å²) in [5, 5.41) is 13.8. The highest BCUT2D eigenvalue weighted by molar-refractivity contribution is 8.00. The molecule has 1 unspecified atom stereocenters. The van der Waals surface area contributed by atoms with E-state index in [1.165, 1.54) is 18.7 Å². The number of hydrogen-bond donors (Lipinski definition) is 3. The Hall–Kier alpha value is -1.24. The molecule has 0 saturated heterocycles. The molecule has 0 aliphatic heterocycles. The minimum absolute atomic E-state index is 0.0990. The van der Waals surface area contributed by atoms with Crippen LogP contribution < -0.4 is 10.6 Å². The molecule has 0 radical (unpaired) electrons. The SMILES string of the molecule is CCCCCNC(=O)C(C)SC[C@H](NC(C)=O)C(=O)O. The molecule has 0 aliphatic carbocycles. The van der Waals surface area contributed by atoms with Gasteiger partial charge in [0.15, 0.2) is 0 Å². The predicted molar refractivity (Wildman–Crippen MR) is 79.7 cm³/mol. The highest BCUT2D eigenvalue weighted by Crippen LogP contribution is 2.12. The van der Waals surface area contributed by atoms with E-state index in [1.807, 2.05) is 0 Å². The van der Waals surface area contributed by atoms with E-state index in [2.05, 4.69) is 17.6 Å². The number of carbonyl (C=O) groups is 3. The summed E-state index contributed by atoms with van der Waals surface area (Å²) >= 11 is 1.22. The maximum absolute atomic E-state index is 11.7. The molecule has 0 spiro atoms. The Kier molecular flexibility index (Phi) is 9.88. The first kappa shape index (κ1) is 18.8. The molecule has 0 heterocycles. The molecular weight excluding hydrogens is 280 g/mol. The molecule has 0 aromatic rings. The molecule has 2 amide bonds. The van der Waals surface area contributed by atoms with Gasteiger partial charge in [-0.3, -0.25) is 9.59 Å². The molecule has 0 aromatic carbocycles. The molecule has 116 valence electrons. The first-order valence-electron chi connectivity index (χ1n) is 6.77. The second kappa shape index (κ2) is 10.5. The molecule has 0 bridgehead atoms. The lowest BCUT2D eigenvalue weighted by Gasteiger charge is -2.16. The van der Waals surface area contributed by atoms with Crippen LogP contribution in [0.5, 0.6) is 0 Å². The second-order valence-electron chi connectivity index (χ2n) is 4.57. The van der Waals surface area contributed by atoms with Crippen molar-refractivity contribution < 1.29 is 19.5 Å².